The fraction of sp³-hybridized carbons (Fsp3) is 0.533. The maximum atomic E-state index is 11.9. The topological polar surface area (TPSA) is 41.1 Å². The van der Waals surface area contributed by atoms with Crippen LogP contribution in [-0.4, -0.2) is 15.9 Å². The van der Waals surface area contributed by atoms with Crippen molar-refractivity contribution < 1.29 is 4.79 Å². The standard InChI is InChI=1S/C15H21Cl3N2O/c1-9(2)7-13(21)20-14(15(16,17)18)19-12-6-5-10(3)8-11(12)4/h5-6,8-9,14,19H,7H2,1-4H3,(H,20,21). The minimum Gasteiger partial charge on any atom is -0.362 e. The monoisotopic (exact) mass is 350 g/mol. The first-order valence-electron chi connectivity index (χ1n) is 6.79. The van der Waals surface area contributed by atoms with Crippen molar-refractivity contribution in [3.63, 3.8) is 0 Å². The van der Waals surface area contributed by atoms with Crippen molar-refractivity contribution in [2.24, 2.45) is 5.92 Å². The molecule has 0 radical (unpaired) electrons. The van der Waals surface area contributed by atoms with Crippen LogP contribution in [0.3, 0.4) is 0 Å². The summed E-state index contributed by atoms with van der Waals surface area (Å²) in [5, 5.41) is 5.82. The third kappa shape index (κ3) is 6.33. The highest BCUT2D eigenvalue weighted by Crippen LogP contribution is 2.32. The molecule has 1 atom stereocenters. The average molecular weight is 352 g/mol. The number of carbonyl (C=O) groups excluding carboxylic acids is 1. The lowest BCUT2D eigenvalue weighted by molar-refractivity contribution is -0.122. The van der Waals surface area contributed by atoms with E-state index in [0.29, 0.717) is 6.42 Å². The minimum atomic E-state index is -1.65. The molecule has 1 rings (SSSR count). The second kappa shape index (κ2) is 7.57. The average Bonchev–Trinajstić information content (AvgIpc) is 2.29. The van der Waals surface area contributed by atoms with Gasteiger partial charge in [-0.25, -0.2) is 0 Å². The van der Waals surface area contributed by atoms with Gasteiger partial charge >= 0.3 is 0 Å². The molecular formula is C15H21Cl3N2O. The molecule has 0 aromatic heterocycles. The highest BCUT2D eigenvalue weighted by atomic mass is 35.6. The fourth-order valence-electron chi connectivity index (χ4n) is 1.92. The molecule has 0 saturated carbocycles. The first-order chi connectivity index (χ1) is 9.59. The number of alkyl halides is 3. The van der Waals surface area contributed by atoms with Crippen molar-refractivity contribution in [2.75, 3.05) is 5.32 Å². The lowest BCUT2D eigenvalue weighted by atomic mass is 10.1. The van der Waals surface area contributed by atoms with Gasteiger partial charge in [0.1, 0.15) is 6.17 Å². The van der Waals surface area contributed by atoms with Crippen LogP contribution in [0.2, 0.25) is 0 Å². The Labute approximate surface area is 141 Å². The zero-order valence-electron chi connectivity index (χ0n) is 12.6. The Kier molecular flexibility index (Phi) is 6.64. The number of hydrogen-bond acceptors (Lipinski definition) is 2. The molecule has 0 aliphatic carbocycles. The Morgan fingerprint density at radius 3 is 2.33 bits per heavy atom. The summed E-state index contributed by atoms with van der Waals surface area (Å²) in [4.78, 5) is 11.9. The zero-order chi connectivity index (χ0) is 16.2. The molecule has 0 bridgehead atoms. The summed E-state index contributed by atoms with van der Waals surface area (Å²) in [6.45, 7) is 7.89. The van der Waals surface area contributed by atoms with Gasteiger partial charge < -0.3 is 10.6 Å². The molecule has 0 fully saturated rings. The molecule has 3 nitrogen and oxygen atoms in total. The van der Waals surface area contributed by atoms with Gasteiger partial charge in [0, 0.05) is 12.1 Å². The second-order valence-corrected chi connectivity index (χ2v) is 7.97. The van der Waals surface area contributed by atoms with E-state index in [9.17, 15) is 4.79 Å². The number of benzene rings is 1. The highest BCUT2D eigenvalue weighted by molar-refractivity contribution is 6.68. The molecular weight excluding hydrogens is 331 g/mol. The number of aryl methyl sites for hydroxylation is 2. The van der Waals surface area contributed by atoms with Crippen LogP contribution in [0, 0.1) is 19.8 Å². The summed E-state index contributed by atoms with van der Waals surface area (Å²) in [7, 11) is 0. The van der Waals surface area contributed by atoms with Gasteiger partial charge in [0.2, 0.25) is 9.70 Å². The van der Waals surface area contributed by atoms with E-state index in [4.69, 9.17) is 34.8 Å². The summed E-state index contributed by atoms with van der Waals surface area (Å²) in [6, 6.07) is 5.89. The summed E-state index contributed by atoms with van der Waals surface area (Å²) < 4.78 is -1.65. The van der Waals surface area contributed by atoms with E-state index in [0.717, 1.165) is 16.8 Å². The Morgan fingerprint density at radius 1 is 1.24 bits per heavy atom. The van der Waals surface area contributed by atoms with Gasteiger partial charge in [-0.05, 0) is 31.4 Å². The molecule has 1 aromatic carbocycles. The van der Waals surface area contributed by atoms with Gasteiger partial charge in [-0.1, -0.05) is 66.3 Å². The Balaban J connectivity index is 2.86. The summed E-state index contributed by atoms with van der Waals surface area (Å²) >= 11 is 17.9. The van der Waals surface area contributed by atoms with Crippen molar-refractivity contribution in [2.45, 2.75) is 44.1 Å². The largest absolute Gasteiger partial charge is 0.362 e. The number of carbonyl (C=O) groups is 1. The summed E-state index contributed by atoms with van der Waals surface area (Å²) in [5.41, 5.74) is 2.99. The van der Waals surface area contributed by atoms with Crippen LogP contribution in [0.5, 0.6) is 0 Å². The van der Waals surface area contributed by atoms with Crippen LogP contribution in [0.1, 0.15) is 31.4 Å². The quantitative estimate of drug-likeness (QED) is 0.602. The normalized spacial score (nSPS) is 13.1. The Morgan fingerprint density at radius 2 is 1.86 bits per heavy atom. The maximum absolute atomic E-state index is 11.9. The van der Waals surface area contributed by atoms with E-state index < -0.39 is 9.96 Å². The molecule has 0 aliphatic rings. The molecule has 0 aliphatic heterocycles. The van der Waals surface area contributed by atoms with Crippen LogP contribution in [0.15, 0.2) is 18.2 Å². The minimum absolute atomic E-state index is 0.154. The molecule has 118 valence electrons. The molecule has 0 saturated heterocycles. The smallest absolute Gasteiger partial charge is 0.228 e. The number of nitrogens with one attached hydrogen (secondary N) is 2. The number of halogens is 3. The predicted molar refractivity (Wildman–Crippen MR) is 91.2 cm³/mol. The Bertz CT molecular complexity index is 498. The van der Waals surface area contributed by atoms with Crippen LogP contribution in [0.25, 0.3) is 0 Å². The molecule has 21 heavy (non-hydrogen) atoms. The van der Waals surface area contributed by atoms with Gasteiger partial charge in [-0.15, -0.1) is 0 Å². The van der Waals surface area contributed by atoms with Crippen molar-refractivity contribution >= 4 is 46.4 Å². The lowest BCUT2D eigenvalue weighted by Crippen LogP contribution is -2.49. The van der Waals surface area contributed by atoms with E-state index >= 15 is 0 Å². The van der Waals surface area contributed by atoms with Crippen molar-refractivity contribution in [3.8, 4) is 0 Å². The molecule has 0 heterocycles. The maximum Gasteiger partial charge on any atom is 0.228 e. The first kappa shape index (κ1) is 18.4. The van der Waals surface area contributed by atoms with Crippen LogP contribution in [-0.2, 0) is 4.79 Å². The highest BCUT2D eigenvalue weighted by Gasteiger charge is 2.34. The SMILES string of the molecule is Cc1ccc(NC(NC(=O)CC(C)C)C(Cl)(Cl)Cl)c(C)c1. The third-order valence-corrected chi connectivity index (χ3v) is 3.56. The van der Waals surface area contributed by atoms with E-state index in [1.54, 1.807) is 0 Å². The van der Waals surface area contributed by atoms with Crippen molar-refractivity contribution in [1.29, 1.82) is 0 Å². The van der Waals surface area contributed by atoms with Crippen LogP contribution in [0.4, 0.5) is 5.69 Å². The number of hydrogen-bond donors (Lipinski definition) is 2. The predicted octanol–water partition coefficient (Wildman–Crippen LogP) is 4.57. The van der Waals surface area contributed by atoms with Gasteiger partial charge in [0.15, 0.2) is 0 Å². The molecule has 0 spiro atoms. The molecule has 1 aromatic rings. The summed E-state index contributed by atoms with van der Waals surface area (Å²) in [5.74, 6) is 0.0840. The van der Waals surface area contributed by atoms with Gasteiger partial charge in [0.05, 0.1) is 0 Å². The molecule has 2 N–H and O–H groups in total. The molecule has 1 amide bonds. The van der Waals surface area contributed by atoms with E-state index in [1.165, 1.54) is 0 Å². The lowest BCUT2D eigenvalue weighted by Gasteiger charge is -2.28. The number of rotatable bonds is 5. The fourth-order valence-corrected chi connectivity index (χ4v) is 2.25. The molecule has 1 unspecified atom stereocenters. The van der Waals surface area contributed by atoms with Crippen LogP contribution >= 0.6 is 34.8 Å². The third-order valence-electron chi connectivity index (χ3n) is 2.91. The van der Waals surface area contributed by atoms with Crippen LogP contribution < -0.4 is 10.6 Å². The Hall–Kier alpha value is -0.640. The van der Waals surface area contributed by atoms with Gasteiger partial charge in [-0.2, -0.15) is 0 Å². The van der Waals surface area contributed by atoms with E-state index in [-0.39, 0.29) is 11.8 Å². The summed E-state index contributed by atoms with van der Waals surface area (Å²) in [6.07, 6.45) is -0.415. The van der Waals surface area contributed by atoms with Gasteiger partial charge in [-0.3, -0.25) is 4.79 Å². The van der Waals surface area contributed by atoms with Crippen molar-refractivity contribution in [1.82, 2.24) is 5.32 Å². The number of anilines is 1. The number of amides is 1. The van der Waals surface area contributed by atoms with E-state index in [2.05, 4.69) is 10.6 Å². The van der Waals surface area contributed by atoms with Gasteiger partial charge in [0.25, 0.3) is 0 Å². The molecule has 6 heteroatoms. The van der Waals surface area contributed by atoms with Crippen molar-refractivity contribution in [3.05, 3.63) is 29.3 Å². The van der Waals surface area contributed by atoms with E-state index in [1.807, 2.05) is 45.9 Å². The first-order valence-corrected chi connectivity index (χ1v) is 7.93. The second-order valence-electron chi connectivity index (χ2n) is 5.60. The zero-order valence-corrected chi connectivity index (χ0v) is 14.9.